The van der Waals surface area contributed by atoms with Gasteiger partial charge in [-0.05, 0) is 23.9 Å². The average molecular weight is 444 g/mol. The zero-order valence-electron chi connectivity index (χ0n) is 17.4. The van der Waals surface area contributed by atoms with Gasteiger partial charge in [0.1, 0.15) is 5.69 Å². The van der Waals surface area contributed by atoms with Crippen LogP contribution >= 0.6 is 23.4 Å². The van der Waals surface area contributed by atoms with E-state index in [2.05, 4.69) is 42.0 Å². The number of aromatic nitrogens is 3. The van der Waals surface area contributed by atoms with Crippen LogP contribution in [0.15, 0.2) is 65.6 Å². The van der Waals surface area contributed by atoms with Crippen LogP contribution in [-0.2, 0) is 13.1 Å². The first-order valence-electron chi connectivity index (χ1n) is 9.58. The number of rotatable bonds is 10. The Kier molecular flexibility index (Phi) is 7.29. The maximum Gasteiger partial charge on any atom is 0.171 e. The largest absolute Gasteiger partial charge is 0.366 e. The van der Waals surface area contributed by atoms with Crippen LogP contribution in [-0.4, -0.2) is 31.9 Å². The van der Waals surface area contributed by atoms with E-state index in [0.717, 1.165) is 33.7 Å². The molecule has 0 amide bonds. The minimum absolute atomic E-state index is 0.376. The fourth-order valence-corrected chi connectivity index (χ4v) is 3.95. The van der Waals surface area contributed by atoms with Crippen molar-refractivity contribution in [3.63, 3.8) is 0 Å². The molecular formula is C22H26ClN5OS. The molecule has 3 rings (SSSR count). The molecule has 158 valence electrons. The average Bonchev–Trinajstić information content (AvgIpc) is 3.31. The van der Waals surface area contributed by atoms with E-state index in [0.29, 0.717) is 23.4 Å². The summed E-state index contributed by atoms with van der Waals surface area (Å²) in [4.78, 5) is 6.87. The molecule has 0 bridgehead atoms. The highest BCUT2D eigenvalue weighted by molar-refractivity contribution is 7.99. The van der Waals surface area contributed by atoms with Gasteiger partial charge < -0.3 is 19.3 Å². The lowest BCUT2D eigenvalue weighted by molar-refractivity contribution is 0.334. The summed E-state index contributed by atoms with van der Waals surface area (Å²) in [5.74, 6) is 1.48. The predicted molar refractivity (Wildman–Crippen MR) is 125 cm³/mol. The second-order valence-electron chi connectivity index (χ2n) is 7.10. The van der Waals surface area contributed by atoms with E-state index in [1.807, 2.05) is 42.3 Å². The smallest absolute Gasteiger partial charge is 0.171 e. The van der Waals surface area contributed by atoms with Gasteiger partial charge in [0.25, 0.3) is 0 Å². The first-order chi connectivity index (χ1) is 14.4. The molecule has 0 aliphatic rings. The molecule has 0 unspecified atom stereocenters. The highest BCUT2D eigenvalue weighted by atomic mass is 35.5. The minimum Gasteiger partial charge on any atom is -0.366 e. The molecule has 6 nitrogen and oxygen atoms in total. The van der Waals surface area contributed by atoms with Gasteiger partial charge in [0.05, 0.1) is 25.0 Å². The third-order valence-electron chi connectivity index (χ3n) is 4.38. The van der Waals surface area contributed by atoms with Crippen LogP contribution in [0.5, 0.6) is 0 Å². The summed E-state index contributed by atoms with van der Waals surface area (Å²) in [6, 6.07) is 9.69. The molecule has 3 aromatic rings. The van der Waals surface area contributed by atoms with Crippen molar-refractivity contribution in [1.29, 1.82) is 0 Å². The third kappa shape index (κ3) is 5.29. The number of halogens is 1. The van der Waals surface area contributed by atoms with Gasteiger partial charge in [0, 0.05) is 23.4 Å². The molecule has 0 saturated carbocycles. The number of anilines is 1. The molecule has 30 heavy (non-hydrogen) atoms. The van der Waals surface area contributed by atoms with Crippen LogP contribution in [0.1, 0.15) is 30.9 Å². The minimum atomic E-state index is 0.376. The fourth-order valence-electron chi connectivity index (χ4n) is 2.98. The van der Waals surface area contributed by atoms with Gasteiger partial charge in [-0.2, -0.15) is 0 Å². The van der Waals surface area contributed by atoms with Crippen molar-refractivity contribution in [2.75, 3.05) is 12.4 Å². The molecule has 0 saturated heterocycles. The quantitative estimate of drug-likeness (QED) is 0.403. The molecule has 1 aromatic carbocycles. The van der Waals surface area contributed by atoms with Gasteiger partial charge in [-0.1, -0.05) is 67.7 Å². The second-order valence-corrected chi connectivity index (χ2v) is 9.08. The first kappa shape index (κ1) is 22.1. The monoisotopic (exact) mass is 443 g/mol. The Labute approximate surface area is 186 Å². The Hall–Kier alpha value is -2.64. The Morgan fingerprint density at radius 2 is 2.07 bits per heavy atom. The molecule has 2 aromatic heterocycles. The molecule has 2 heterocycles. The van der Waals surface area contributed by atoms with Crippen LogP contribution in [0, 0.1) is 0 Å². The summed E-state index contributed by atoms with van der Waals surface area (Å²) in [5, 5.41) is 8.96. The number of nitrogens with zero attached hydrogens (tertiary/aromatic N) is 4. The number of thioether (sulfide) groups is 1. The highest BCUT2D eigenvalue weighted by Crippen LogP contribution is 2.33. The zero-order chi connectivity index (χ0) is 21.7. The lowest BCUT2D eigenvalue weighted by atomic mass is 10.2. The van der Waals surface area contributed by atoms with Gasteiger partial charge in [0.15, 0.2) is 16.7 Å². The topological polar surface area (TPSA) is 59.1 Å². The van der Waals surface area contributed by atoms with Gasteiger partial charge in [-0.15, -0.1) is 0 Å². The Bertz CT molecular complexity index is 995. The molecule has 0 radical (unpaired) electrons. The van der Waals surface area contributed by atoms with Gasteiger partial charge >= 0.3 is 0 Å². The van der Waals surface area contributed by atoms with E-state index in [1.165, 1.54) is 0 Å². The maximum absolute atomic E-state index is 6.07. The van der Waals surface area contributed by atoms with Gasteiger partial charge in [-0.25, -0.2) is 4.98 Å². The molecular weight excluding hydrogens is 418 g/mol. The van der Waals surface area contributed by atoms with Crippen molar-refractivity contribution in [3.8, 4) is 0 Å². The van der Waals surface area contributed by atoms with Crippen LogP contribution in [0.4, 0.5) is 5.82 Å². The Morgan fingerprint density at radius 1 is 1.33 bits per heavy atom. The van der Waals surface area contributed by atoms with E-state index in [1.54, 1.807) is 24.2 Å². The number of hydrogen-bond donors (Lipinski definition) is 1. The van der Waals surface area contributed by atoms with E-state index >= 15 is 0 Å². The standard InChI is InChI=1S/C22H26ClN5OS/c1-6-24-21-20(16(4)27(5)14-19-11-12-25-29-19)28(22(26-21)30-15(2)3)13-17-7-9-18(23)10-8-17/h6-12,15,24H,1,4,13-14H2,2-3,5H3. The van der Waals surface area contributed by atoms with Crippen molar-refractivity contribution in [3.05, 3.63) is 77.9 Å². The Morgan fingerprint density at radius 3 is 2.67 bits per heavy atom. The van der Waals surface area contributed by atoms with E-state index in [4.69, 9.17) is 21.1 Å². The summed E-state index contributed by atoms with van der Waals surface area (Å²) < 4.78 is 7.44. The number of benzene rings is 1. The number of hydrogen-bond acceptors (Lipinski definition) is 6. The van der Waals surface area contributed by atoms with Crippen molar-refractivity contribution in [1.82, 2.24) is 19.6 Å². The SMILES string of the molecule is C=CNc1nc(SC(C)C)n(Cc2ccc(Cl)cc2)c1C(=C)N(C)Cc1ccno1. The molecule has 0 fully saturated rings. The second kappa shape index (κ2) is 9.91. The van der Waals surface area contributed by atoms with E-state index < -0.39 is 0 Å². The lowest BCUT2D eigenvalue weighted by Crippen LogP contribution is -2.19. The van der Waals surface area contributed by atoms with E-state index in [-0.39, 0.29) is 0 Å². The zero-order valence-corrected chi connectivity index (χ0v) is 19.0. The van der Waals surface area contributed by atoms with Gasteiger partial charge in [0.2, 0.25) is 0 Å². The van der Waals surface area contributed by atoms with Crippen molar-refractivity contribution >= 4 is 34.9 Å². The molecule has 0 aliphatic heterocycles. The highest BCUT2D eigenvalue weighted by Gasteiger charge is 2.23. The van der Waals surface area contributed by atoms with Crippen molar-refractivity contribution in [2.45, 2.75) is 37.3 Å². The summed E-state index contributed by atoms with van der Waals surface area (Å²) in [6.07, 6.45) is 3.27. The summed E-state index contributed by atoms with van der Waals surface area (Å²) >= 11 is 7.78. The number of imidazole rings is 1. The van der Waals surface area contributed by atoms with E-state index in [9.17, 15) is 0 Å². The van der Waals surface area contributed by atoms with Crippen molar-refractivity contribution in [2.24, 2.45) is 0 Å². The summed E-state index contributed by atoms with van der Waals surface area (Å²) in [7, 11) is 1.97. The molecule has 0 atom stereocenters. The predicted octanol–water partition coefficient (Wildman–Crippen LogP) is 5.73. The Balaban J connectivity index is 2.02. The van der Waals surface area contributed by atoms with Crippen LogP contribution in [0.3, 0.4) is 0 Å². The van der Waals surface area contributed by atoms with Crippen LogP contribution < -0.4 is 5.32 Å². The molecule has 1 N–H and O–H groups in total. The van der Waals surface area contributed by atoms with Crippen LogP contribution in [0.25, 0.3) is 5.70 Å². The first-order valence-corrected chi connectivity index (χ1v) is 10.8. The van der Waals surface area contributed by atoms with Crippen molar-refractivity contribution < 1.29 is 4.52 Å². The molecule has 8 heteroatoms. The lowest BCUT2D eigenvalue weighted by Gasteiger charge is -2.23. The van der Waals surface area contributed by atoms with Gasteiger partial charge in [-0.3, -0.25) is 0 Å². The maximum atomic E-state index is 6.07. The van der Waals surface area contributed by atoms with Crippen LogP contribution in [0.2, 0.25) is 5.02 Å². The normalized spacial score (nSPS) is 11.0. The summed E-state index contributed by atoms with van der Waals surface area (Å²) in [5.41, 5.74) is 2.84. The molecule has 0 aliphatic carbocycles. The molecule has 0 spiro atoms. The fraction of sp³-hybridized carbons (Fsp3) is 0.273. The number of nitrogens with one attached hydrogen (secondary N) is 1. The third-order valence-corrected chi connectivity index (χ3v) is 5.63. The summed E-state index contributed by atoms with van der Waals surface area (Å²) in [6.45, 7) is 13.7.